The summed E-state index contributed by atoms with van der Waals surface area (Å²) in [5.74, 6) is 0.827. The monoisotopic (exact) mass is 267 g/mol. The third-order valence-electron chi connectivity index (χ3n) is 3.54. The lowest BCUT2D eigenvalue weighted by Gasteiger charge is -2.30. The molecule has 1 aliphatic carbocycles. The van der Waals surface area contributed by atoms with Gasteiger partial charge >= 0.3 is 6.09 Å². The lowest BCUT2D eigenvalue weighted by Crippen LogP contribution is -2.40. The Morgan fingerprint density at radius 1 is 1.26 bits per heavy atom. The molecule has 1 rings (SSSR count). The van der Waals surface area contributed by atoms with Crippen molar-refractivity contribution >= 4 is 6.09 Å². The molecule has 0 aliphatic heterocycles. The molecule has 0 heterocycles. The lowest BCUT2D eigenvalue weighted by atomic mass is 9.83. The van der Waals surface area contributed by atoms with Crippen LogP contribution in [-0.4, -0.2) is 17.7 Å². The Morgan fingerprint density at radius 2 is 1.89 bits per heavy atom. The van der Waals surface area contributed by atoms with E-state index in [-0.39, 0.29) is 6.09 Å². The van der Waals surface area contributed by atoms with Crippen LogP contribution in [0, 0.1) is 5.92 Å². The summed E-state index contributed by atoms with van der Waals surface area (Å²) in [5, 5.41) is 2.99. The van der Waals surface area contributed by atoms with E-state index in [0.29, 0.717) is 6.04 Å². The van der Waals surface area contributed by atoms with Crippen molar-refractivity contribution in [3.8, 4) is 0 Å². The number of carbonyl (C=O) groups excluding carboxylic acids is 1. The van der Waals surface area contributed by atoms with Crippen LogP contribution in [-0.2, 0) is 4.74 Å². The van der Waals surface area contributed by atoms with Gasteiger partial charge in [-0.3, -0.25) is 0 Å². The normalized spacial score (nSPS) is 24.4. The Labute approximate surface area is 117 Å². The van der Waals surface area contributed by atoms with Crippen molar-refractivity contribution in [1.29, 1.82) is 0 Å². The van der Waals surface area contributed by atoms with Gasteiger partial charge in [0.2, 0.25) is 0 Å². The molecule has 0 radical (unpaired) electrons. The van der Waals surface area contributed by atoms with Gasteiger partial charge in [0.05, 0.1) is 0 Å². The van der Waals surface area contributed by atoms with Crippen molar-refractivity contribution in [2.75, 3.05) is 0 Å². The van der Waals surface area contributed by atoms with Crippen LogP contribution in [0.3, 0.4) is 0 Å². The van der Waals surface area contributed by atoms with Gasteiger partial charge in [0.25, 0.3) is 0 Å². The highest BCUT2D eigenvalue weighted by molar-refractivity contribution is 5.68. The van der Waals surface area contributed by atoms with Gasteiger partial charge in [0, 0.05) is 6.04 Å². The van der Waals surface area contributed by atoms with E-state index in [1.54, 1.807) is 0 Å². The molecule has 1 amide bonds. The average molecular weight is 267 g/mol. The van der Waals surface area contributed by atoms with Gasteiger partial charge in [0.15, 0.2) is 0 Å². The average Bonchev–Trinajstić information content (AvgIpc) is 2.29. The van der Waals surface area contributed by atoms with Crippen LogP contribution < -0.4 is 5.32 Å². The smallest absolute Gasteiger partial charge is 0.407 e. The largest absolute Gasteiger partial charge is 0.444 e. The second-order valence-electron chi connectivity index (χ2n) is 6.51. The summed E-state index contributed by atoms with van der Waals surface area (Å²) in [5.41, 5.74) is -0.409. The number of carbonyl (C=O) groups is 1. The maximum atomic E-state index is 11.7. The Bertz CT molecular complexity index is 296. The number of hydrogen-bond acceptors (Lipinski definition) is 2. The van der Waals surface area contributed by atoms with E-state index in [9.17, 15) is 4.79 Å². The molecule has 110 valence electrons. The molecular formula is C16H29NO2. The summed E-state index contributed by atoms with van der Waals surface area (Å²) in [4.78, 5) is 11.7. The van der Waals surface area contributed by atoms with E-state index >= 15 is 0 Å². The second kappa shape index (κ2) is 7.56. The van der Waals surface area contributed by atoms with Crippen LogP contribution in [0.2, 0.25) is 0 Å². The zero-order chi connectivity index (χ0) is 14.3. The van der Waals surface area contributed by atoms with Crippen molar-refractivity contribution < 1.29 is 9.53 Å². The van der Waals surface area contributed by atoms with Crippen LogP contribution >= 0.6 is 0 Å². The van der Waals surface area contributed by atoms with Crippen LogP contribution in [0.25, 0.3) is 0 Å². The van der Waals surface area contributed by atoms with E-state index in [1.807, 2.05) is 20.8 Å². The van der Waals surface area contributed by atoms with Gasteiger partial charge in [-0.05, 0) is 72.1 Å². The van der Waals surface area contributed by atoms with Crippen molar-refractivity contribution in [3.63, 3.8) is 0 Å². The minimum atomic E-state index is -0.409. The number of amides is 1. The van der Waals surface area contributed by atoms with Gasteiger partial charge in [-0.25, -0.2) is 4.79 Å². The van der Waals surface area contributed by atoms with Crippen LogP contribution in [0.1, 0.15) is 66.2 Å². The molecule has 0 saturated heterocycles. The summed E-state index contributed by atoms with van der Waals surface area (Å²) >= 11 is 0. The Hall–Kier alpha value is -0.990. The predicted octanol–water partition coefficient (Wildman–Crippen LogP) is 4.43. The topological polar surface area (TPSA) is 38.3 Å². The fourth-order valence-corrected chi connectivity index (χ4v) is 2.57. The van der Waals surface area contributed by atoms with Gasteiger partial charge < -0.3 is 10.1 Å². The molecule has 1 N–H and O–H groups in total. The minimum Gasteiger partial charge on any atom is -0.444 e. The maximum Gasteiger partial charge on any atom is 0.407 e. The standard InChI is InChI=1S/C16H29NO2/c1-5-6-7-8-13-9-11-14(12-10-13)17-15(18)19-16(2,3)4/h5-6,13-14H,7-12H2,1-4H3,(H,17,18)/b6-5-/t13-,14-. The Morgan fingerprint density at radius 3 is 2.42 bits per heavy atom. The summed E-state index contributed by atoms with van der Waals surface area (Å²) < 4.78 is 5.29. The summed E-state index contributed by atoms with van der Waals surface area (Å²) in [6.07, 6.45) is 11.2. The van der Waals surface area contributed by atoms with Crippen molar-refractivity contribution in [2.24, 2.45) is 5.92 Å². The number of nitrogens with one attached hydrogen (secondary N) is 1. The van der Waals surface area contributed by atoms with Gasteiger partial charge in [0.1, 0.15) is 5.60 Å². The predicted molar refractivity (Wildman–Crippen MR) is 79.2 cm³/mol. The Kier molecular flexibility index (Phi) is 6.40. The molecule has 0 bridgehead atoms. The molecule has 1 aliphatic rings. The van der Waals surface area contributed by atoms with E-state index in [0.717, 1.165) is 18.8 Å². The highest BCUT2D eigenvalue weighted by atomic mass is 16.6. The minimum absolute atomic E-state index is 0.273. The van der Waals surface area contributed by atoms with Crippen LogP contribution in [0.4, 0.5) is 4.79 Å². The number of hydrogen-bond donors (Lipinski definition) is 1. The molecule has 1 saturated carbocycles. The summed E-state index contributed by atoms with van der Waals surface area (Å²) in [7, 11) is 0. The number of ether oxygens (including phenoxy) is 1. The van der Waals surface area contributed by atoms with E-state index in [1.165, 1.54) is 25.7 Å². The molecule has 0 aromatic heterocycles. The van der Waals surface area contributed by atoms with Gasteiger partial charge in [-0.1, -0.05) is 12.2 Å². The first-order valence-electron chi connectivity index (χ1n) is 7.51. The fourth-order valence-electron chi connectivity index (χ4n) is 2.57. The maximum absolute atomic E-state index is 11.7. The molecule has 3 nitrogen and oxygen atoms in total. The van der Waals surface area contributed by atoms with Crippen molar-refractivity contribution in [2.45, 2.75) is 77.9 Å². The van der Waals surface area contributed by atoms with Crippen LogP contribution in [0.5, 0.6) is 0 Å². The molecular weight excluding hydrogens is 238 g/mol. The van der Waals surface area contributed by atoms with Crippen molar-refractivity contribution in [3.05, 3.63) is 12.2 Å². The third-order valence-corrected chi connectivity index (χ3v) is 3.54. The quantitative estimate of drug-likeness (QED) is 0.765. The van der Waals surface area contributed by atoms with E-state index in [4.69, 9.17) is 4.74 Å². The zero-order valence-corrected chi connectivity index (χ0v) is 12.9. The van der Waals surface area contributed by atoms with E-state index in [2.05, 4.69) is 24.4 Å². The first kappa shape index (κ1) is 16.1. The van der Waals surface area contributed by atoms with Gasteiger partial charge in [-0.2, -0.15) is 0 Å². The molecule has 3 heteroatoms. The Balaban J connectivity index is 2.21. The van der Waals surface area contributed by atoms with Gasteiger partial charge in [-0.15, -0.1) is 0 Å². The van der Waals surface area contributed by atoms with Crippen molar-refractivity contribution in [1.82, 2.24) is 5.32 Å². The SMILES string of the molecule is C/C=C\CC[C@H]1CC[C@H](NC(=O)OC(C)(C)C)CC1. The molecule has 0 aromatic rings. The zero-order valence-electron chi connectivity index (χ0n) is 12.9. The fraction of sp³-hybridized carbons (Fsp3) is 0.812. The first-order valence-corrected chi connectivity index (χ1v) is 7.51. The molecule has 0 unspecified atom stereocenters. The summed E-state index contributed by atoms with van der Waals surface area (Å²) in [6, 6.07) is 0.299. The van der Waals surface area contributed by atoms with Crippen LogP contribution in [0.15, 0.2) is 12.2 Å². The summed E-state index contributed by atoms with van der Waals surface area (Å²) in [6.45, 7) is 7.75. The highest BCUT2D eigenvalue weighted by Gasteiger charge is 2.24. The van der Waals surface area contributed by atoms with E-state index < -0.39 is 5.60 Å². The molecule has 1 fully saturated rings. The highest BCUT2D eigenvalue weighted by Crippen LogP contribution is 2.28. The first-order chi connectivity index (χ1) is 8.90. The lowest BCUT2D eigenvalue weighted by molar-refractivity contribution is 0.0487. The molecule has 0 aromatic carbocycles. The second-order valence-corrected chi connectivity index (χ2v) is 6.51. The molecule has 0 spiro atoms. The number of allylic oxidation sites excluding steroid dienone is 2. The number of rotatable bonds is 4. The third kappa shape index (κ3) is 7.24. The molecule has 0 atom stereocenters. The molecule has 19 heavy (non-hydrogen) atoms. The number of alkyl carbamates (subject to hydrolysis) is 1.